The predicted molar refractivity (Wildman–Crippen MR) is 63.4 cm³/mol. The van der Waals surface area contributed by atoms with Crippen LogP contribution in [0.5, 0.6) is 0 Å². The van der Waals surface area contributed by atoms with Crippen molar-refractivity contribution in [3.05, 3.63) is 17.3 Å². The third-order valence-corrected chi connectivity index (χ3v) is 3.54. The Balaban J connectivity index is 2.51. The maximum Gasteiger partial charge on any atom is 0.195 e. The highest BCUT2D eigenvalue weighted by atomic mass is 32.2. The fourth-order valence-electron chi connectivity index (χ4n) is 1.27. The summed E-state index contributed by atoms with van der Waals surface area (Å²) in [5.41, 5.74) is 0.840. The molecule has 0 saturated heterocycles. The smallest absolute Gasteiger partial charge is 0.195 e. The molecule has 0 aliphatic heterocycles. The van der Waals surface area contributed by atoms with Gasteiger partial charge in [0.2, 0.25) is 0 Å². The molecular weight excluding hydrogens is 230 g/mol. The molecule has 0 saturated carbocycles. The van der Waals surface area contributed by atoms with Gasteiger partial charge in [0.05, 0.1) is 6.21 Å². The lowest BCUT2D eigenvalue weighted by molar-refractivity contribution is 0.321. The molecule has 0 atom stereocenters. The van der Waals surface area contributed by atoms with Gasteiger partial charge in [-0.25, -0.2) is 4.98 Å². The molecule has 0 bridgehead atoms. The summed E-state index contributed by atoms with van der Waals surface area (Å²) in [4.78, 5) is 5.40. The molecule has 0 radical (unpaired) electrons. The highest BCUT2D eigenvalue weighted by Crippen LogP contribution is 2.27. The average molecular weight is 241 g/mol. The van der Waals surface area contributed by atoms with Crippen molar-refractivity contribution in [1.29, 1.82) is 0 Å². The molecule has 4 nitrogen and oxygen atoms in total. The van der Waals surface area contributed by atoms with Crippen molar-refractivity contribution in [3.8, 4) is 0 Å². The third-order valence-electron chi connectivity index (χ3n) is 1.79. The lowest BCUT2D eigenvalue weighted by atomic mass is 10.5. The number of hydrogen-bond donors (Lipinski definition) is 1. The second-order valence-electron chi connectivity index (χ2n) is 3.27. The highest BCUT2D eigenvalue weighted by molar-refractivity contribution is 7.99. The lowest BCUT2D eigenvalue weighted by Gasteiger charge is -2.01. The van der Waals surface area contributed by atoms with Crippen LogP contribution in [0, 0.1) is 0 Å². The third kappa shape index (κ3) is 2.00. The minimum atomic E-state index is 0.459. The number of thiazole rings is 1. The fourth-order valence-corrected chi connectivity index (χ4v) is 2.90. The fraction of sp³-hybridized carbons (Fsp3) is 0.333. The second-order valence-corrected chi connectivity index (χ2v) is 5.71. The Morgan fingerprint density at radius 2 is 2.47 bits per heavy atom. The Hall–Kier alpha value is -1.01. The summed E-state index contributed by atoms with van der Waals surface area (Å²) in [6.45, 7) is 4.22. The van der Waals surface area contributed by atoms with Crippen molar-refractivity contribution in [2.24, 2.45) is 5.16 Å². The average Bonchev–Trinajstić information content (AvgIpc) is 2.69. The molecule has 15 heavy (non-hydrogen) atoms. The van der Waals surface area contributed by atoms with E-state index in [2.05, 4.69) is 24.0 Å². The summed E-state index contributed by atoms with van der Waals surface area (Å²) in [7, 11) is 0. The molecular formula is C9H11N3OS2. The van der Waals surface area contributed by atoms with Crippen LogP contribution in [-0.4, -0.2) is 26.1 Å². The molecule has 6 heteroatoms. The van der Waals surface area contributed by atoms with Gasteiger partial charge in [0, 0.05) is 16.8 Å². The molecule has 1 N–H and O–H groups in total. The summed E-state index contributed by atoms with van der Waals surface area (Å²) < 4.78 is 1.93. The number of thioether (sulfide) groups is 1. The van der Waals surface area contributed by atoms with Crippen molar-refractivity contribution in [2.75, 3.05) is 0 Å². The zero-order valence-electron chi connectivity index (χ0n) is 8.41. The molecule has 2 aromatic heterocycles. The van der Waals surface area contributed by atoms with Gasteiger partial charge in [-0.2, -0.15) is 0 Å². The summed E-state index contributed by atoms with van der Waals surface area (Å²) in [5.74, 6) is 0. The van der Waals surface area contributed by atoms with Gasteiger partial charge in [-0.15, -0.1) is 23.1 Å². The largest absolute Gasteiger partial charge is 0.411 e. The molecule has 2 aromatic rings. The van der Waals surface area contributed by atoms with Gasteiger partial charge in [0.15, 0.2) is 4.96 Å². The minimum absolute atomic E-state index is 0.459. The van der Waals surface area contributed by atoms with E-state index in [9.17, 15) is 0 Å². The Morgan fingerprint density at radius 1 is 1.67 bits per heavy atom. The Bertz CT molecular complexity index is 486. The van der Waals surface area contributed by atoms with Crippen LogP contribution in [0.2, 0.25) is 0 Å². The summed E-state index contributed by atoms with van der Waals surface area (Å²) >= 11 is 3.24. The molecule has 80 valence electrons. The van der Waals surface area contributed by atoms with Crippen molar-refractivity contribution >= 4 is 34.3 Å². The summed E-state index contributed by atoms with van der Waals surface area (Å²) in [6, 6.07) is 0. The van der Waals surface area contributed by atoms with Gasteiger partial charge < -0.3 is 5.21 Å². The highest BCUT2D eigenvalue weighted by Gasteiger charge is 2.13. The zero-order chi connectivity index (χ0) is 10.8. The standard InChI is InChI=1S/C9H11N3OS2/c1-6(2)15-8-7(5-10-13)12-3-4-14-9(12)11-8/h3-6,13H,1-2H3/b10-5+. The van der Waals surface area contributed by atoms with E-state index >= 15 is 0 Å². The number of imidazole rings is 1. The first-order valence-electron chi connectivity index (χ1n) is 4.52. The SMILES string of the molecule is CC(C)Sc1nc2sccn2c1/C=N/O. The van der Waals surface area contributed by atoms with Crippen molar-refractivity contribution in [3.63, 3.8) is 0 Å². The summed E-state index contributed by atoms with van der Waals surface area (Å²) in [5, 5.41) is 15.0. The molecule has 0 aromatic carbocycles. The first-order chi connectivity index (χ1) is 7.22. The molecule has 0 amide bonds. The lowest BCUT2D eigenvalue weighted by Crippen LogP contribution is -1.93. The van der Waals surface area contributed by atoms with Gasteiger partial charge >= 0.3 is 0 Å². The van der Waals surface area contributed by atoms with Gasteiger partial charge in [-0.05, 0) is 0 Å². The maximum absolute atomic E-state index is 8.62. The molecule has 0 spiro atoms. The van der Waals surface area contributed by atoms with E-state index in [0.717, 1.165) is 15.7 Å². The topological polar surface area (TPSA) is 49.9 Å². The molecule has 0 unspecified atom stereocenters. The normalized spacial score (nSPS) is 12.2. The second kappa shape index (κ2) is 4.24. The molecule has 0 fully saturated rings. The first-order valence-corrected chi connectivity index (χ1v) is 6.28. The Morgan fingerprint density at radius 3 is 3.13 bits per heavy atom. The number of hydrogen-bond acceptors (Lipinski definition) is 5. The maximum atomic E-state index is 8.62. The molecule has 0 aliphatic rings. The first kappa shape index (κ1) is 10.5. The van der Waals surface area contributed by atoms with Crippen LogP contribution in [0.1, 0.15) is 19.5 Å². The van der Waals surface area contributed by atoms with Gasteiger partial charge in [0.1, 0.15) is 10.7 Å². The van der Waals surface area contributed by atoms with Crippen LogP contribution in [0.15, 0.2) is 21.8 Å². The predicted octanol–water partition coefficient (Wildman–Crippen LogP) is 2.70. The number of oxime groups is 1. The van der Waals surface area contributed by atoms with Crippen LogP contribution < -0.4 is 0 Å². The summed E-state index contributed by atoms with van der Waals surface area (Å²) in [6.07, 6.45) is 3.35. The monoisotopic (exact) mass is 241 g/mol. The van der Waals surface area contributed by atoms with Gasteiger partial charge in [0.25, 0.3) is 0 Å². The van der Waals surface area contributed by atoms with Crippen molar-refractivity contribution in [2.45, 2.75) is 24.1 Å². The number of rotatable bonds is 3. The molecule has 2 rings (SSSR count). The van der Waals surface area contributed by atoms with Gasteiger partial charge in [-0.1, -0.05) is 19.0 Å². The van der Waals surface area contributed by atoms with Crippen LogP contribution in [0.25, 0.3) is 4.96 Å². The number of aromatic nitrogens is 2. The van der Waals surface area contributed by atoms with E-state index in [1.807, 2.05) is 16.0 Å². The van der Waals surface area contributed by atoms with E-state index in [1.54, 1.807) is 23.1 Å². The Kier molecular flexibility index (Phi) is 2.97. The van der Waals surface area contributed by atoms with Crippen molar-refractivity contribution in [1.82, 2.24) is 9.38 Å². The van der Waals surface area contributed by atoms with Crippen LogP contribution in [0.3, 0.4) is 0 Å². The van der Waals surface area contributed by atoms with Crippen molar-refractivity contribution < 1.29 is 5.21 Å². The van der Waals surface area contributed by atoms with E-state index in [-0.39, 0.29) is 0 Å². The Labute approximate surface area is 95.6 Å². The number of fused-ring (bicyclic) bond motifs is 1. The van der Waals surface area contributed by atoms with E-state index in [4.69, 9.17) is 5.21 Å². The van der Waals surface area contributed by atoms with E-state index in [0.29, 0.717) is 5.25 Å². The zero-order valence-corrected chi connectivity index (χ0v) is 10.0. The minimum Gasteiger partial charge on any atom is -0.411 e. The molecule has 2 heterocycles. The van der Waals surface area contributed by atoms with Crippen LogP contribution in [-0.2, 0) is 0 Å². The van der Waals surface area contributed by atoms with Gasteiger partial charge in [-0.3, -0.25) is 4.40 Å². The number of nitrogens with zero attached hydrogens (tertiary/aromatic N) is 3. The van der Waals surface area contributed by atoms with Crippen LogP contribution >= 0.6 is 23.1 Å². The quantitative estimate of drug-likeness (QED) is 0.389. The molecule has 0 aliphatic carbocycles. The van der Waals surface area contributed by atoms with E-state index < -0.39 is 0 Å². The van der Waals surface area contributed by atoms with Crippen LogP contribution in [0.4, 0.5) is 0 Å². The van der Waals surface area contributed by atoms with E-state index in [1.165, 1.54) is 6.21 Å².